The first-order valence-electron chi connectivity index (χ1n) is 4.59. The van der Waals surface area contributed by atoms with E-state index in [4.69, 9.17) is 0 Å². The number of carbonyl (C=O) groups is 1. The Bertz CT molecular complexity index is 361. The summed E-state index contributed by atoms with van der Waals surface area (Å²) < 4.78 is 0. The molecular formula is C12H15NO. The molecule has 2 heteroatoms. The molecule has 0 aliphatic rings. The van der Waals surface area contributed by atoms with E-state index in [9.17, 15) is 4.79 Å². The number of pyridine rings is 1. The first-order chi connectivity index (χ1) is 6.46. The highest BCUT2D eigenvalue weighted by Gasteiger charge is 2.25. The minimum absolute atomic E-state index is 0.0491. The summed E-state index contributed by atoms with van der Waals surface area (Å²) >= 11 is 0. The van der Waals surface area contributed by atoms with Crippen molar-refractivity contribution in [2.45, 2.75) is 20.8 Å². The molecule has 1 aromatic heterocycles. The van der Waals surface area contributed by atoms with E-state index >= 15 is 0 Å². The van der Waals surface area contributed by atoms with Gasteiger partial charge in [0, 0.05) is 17.2 Å². The second kappa shape index (κ2) is 3.74. The molecule has 1 aromatic rings. The Morgan fingerprint density at radius 1 is 1.50 bits per heavy atom. The molecule has 0 fully saturated rings. The molecule has 0 saturated heterocycles. The van der Waals surface area contributed by atoms with Crippen LogP contribution in [0.25, 0.3) is 6.08 Å². The largest absolute Gasteiger partial charge is 0.292 e. The summed E-state index contributed by atoms with van der Waals surface area (Å²) in [5.74, 6) is 0.0491. The highest BCUT2D eigenvalue weighted by molar-refractivity contribution is 6.00. The molecule has 0 atom stereocenters. The highest BCUT2D eigenvalue weighted by Crippen LogP contribution is 2.21. The molecule has 0 bridgehead atoms. The van der Waals surface area contributed by atoms with E-state index in [1.165, 1.54) is 0 Å². The SMILES string of the molecule is C=Cc1cccnc1C(=O)C(C)(C)C. The number of Topliss-reactive ketones (excluding diaryl/α,β-unsaturated/α-hetero) is 1. The van der Waals surface area contributed by atoms with E-state index in [0.29, 0.717) is 5.69 Å². The fourth-order valence-electron chi connectivity index (χ4n) is 1.13. The maximum absolute atomic E-state index is 11.9. The molecule has 0 saturated carbocycles. The van der Waals surface area contributed by atoms with Crippen LogP contribution in [0.5, 0.6) is 0 Å². The topological polar surface area (TPSA) is 30.0 Å². The zero-order valence-electron chi connectivity index (χ0n) is 8.87. The molecule has 1 heterocycles. The average molecular weight is 189 g/mol. The molecule has 74 valence electrons. The first-order valence-corrected chi connectivity index (χ1v) is 4.59. The molecule has 0 unspecified atom stereocenters. The second-order valence-corrected chi connectivity index (χ2v) is 4.22. The summed E-state index contributed by atoms with van der Waals surface area (Å²) in [5, 5.41) is 0. The minimum atomic E-state index is -0.397. The monoisotopic (exact) mass is 189 g/mol. The molecule has 2 nitrogen and oxygen atoms in total. The zero-order valence-corrected chi connectivity index (χ0v) is 8.87. The van der Waals surface area contributed by atoms with Crippen LogP contribution in [0.4, 0.5) is 0 Å². The van der Waals surface area contributed by atoms with Gasteiger partial charge in [0.25, 0.3) is 0 Å². The maximum Gasteiger partial charge on any atom is 0.187 e. The number of hydrogen-bond donors (Lipinski definition) is 0. The van der Waals surface area contributed by atoms with Crippen molar-refractivity contribution in [1.29, 1.82) is 0 Å². The average Bonchev–Trinajstić information content (AvgIpc) is 2.15. The normalized spacial score (nSPS) is 11.1. The van der Waals surface area contributed by atoms with Gasteiger partial charge in [-0.2, -0.15) is 0 Å². The Balaban J connectivity index is 3.19. The molecule has 0 aliphatic heterocycles. The fourth-order valence-corrected chi connectivity index (χ4v) is 1.13. The van der Waals surface area contributed by atoms with Gasteiger partial charge in [-0.1, -0.05) is 39.5 Å². The zero-order chi connectivity index (χ0) is 10.8. The number of nitrogens with zero attached hydrogens (tertiary/aromatic N) is 1. The van der Waals surface area contributed by atoms with Gasteiger partial charge in [-0.05, 0) is 6.07 Å². The van der Waals surface area contributed by atoms with Gasteiger partial charge in [-0.25, -0.2) is 0 Å². The lowest BCUT2D eigenvalue weighted by molar-refractivity contribution is 0.0852. The van der Waals surface area contributed by atoms with Crippen LogP contribution < -0.4 is 0 Å². The van der Waals surface area contributed by atoms with Gasteiger partial charge >= 0.3 is 0 Å². The Hall–Kier alpha value is -1.44. The number of hydrogen-bond acceptors (Lipinski definition) is 2. The lowest BCUT2D eigenvalue weighted by Gasteiger charge is -2.16. The Morgan fingerprint density at radius 3 is 2.64 bits per heavy atom. The van der Waals surface area contributed by atoms with Crippen LogP contribution in [0.15, 0.2) is 24.9 Å². The predicted octanol–water partition coefficient (Wildman–Crippen LogP) is 2.95. The number of rotatable bonds is 2. The van der Waals surface area contributed by atoms with E-state index in [2.05, 4.69) is 11.6 Å². The minimum Gasteiger partial charge on any atom is -0.292 e. The Morgan fingerprint density at radius 2 is 2.14 bits per heavy atom. The van der Waals surface area contributed by atoms with Crippen LogP contribution >= 0.6 is 0 Å². The summed E-state index contributed by atoms with van der Waals surface area (Å²) in [6, 6.07) is 3.65. The fraction of sp³-hybridized carbons (Fsp3) is 0.333. The number of aromatic nitrogens is 1. The lowest BCUT2D eigenvalue weighted by Crippen LogP contribution is -2.22. The Labute approximate surface area is 84.7 Å². The first kappa shape index (κ1) is 10.6. The molecule has 0 aliphatic carbocycles. The summed E-state index contributed by atoms with van der Waals surface area (Å²) in [7, 11) is 0. The van der Waals surface area contributed by atoms with Crippen molar-refractivity contribution in [1.82, 2.24) is 4.98 Å². The summed E-state index contributed by atoms with van der Waals surface area (Å²) in [4.78, 5) is 16.0. The van der Waals surface area contributed by atoms with Gasteiger partial charge < -0.3 is 0 Å². The third-order valence-electron chi connectivity index (χ3n) is 1.96. The van der Waals surface area contributed by atoms with E-state index < -0.39 is 5.41 Å². The summed E-state index contributed by atoms with van der Waals surface area (Å²) in [6.07, 6.45) is 3.29. The summed E-state index contributed by atoms with van der Waals surface area (Å²) in [6.45, 7) is 9.32. The van der Waals surface area contributed by atoms with E-state index in [0.717, 1.165) is 5.56 Å². The van der Waals surface area contributed by atoms with Crippen LogP contribution in [0.3, 0.4) is 0 Å². The van der Waals surface area contributed by atoms with Crippen LogP contribution in [-0.2, 0) is 0 Å². The van der Waals surface area contributed by atoms with Crippen LogP contribution in [0, 0.1) is 5.41 Å². The summed E-state index contributed by atoms with van der Waals surface area (Å²) in [5.41, 5.74) is 0.911. The third kappa shape index (κ3) is 2.08. The standard InChI is InChI=1S/C12H15NO/c1-5-9-7-6-8-13-10(9)11(14)12(2,3)4/h5-8H,1H2,2-4H3. The van der Waals surface area contributed by atoms with Gasteiger partial charge in [-0.15, -0.1) is 0 Å². The Kier molecular flexibility index (Phi) is 2.84. The quantitative estimate of drug-likeness (QED) is 0.669. The van der Waals surface area contributed by atoms with E-state index in [1.54, 1.807) is 18.3 Å². The molecule has 0 N–H and O–H groups in total. The van der Waals surface area contributed by atoms with Crippen molar-refractivity contribution in [3.8, 4) is 0 Å². The van der Waals surface area contributed by atoms with E-state index in [1.807, 2.05) is 26.8 Å². The molecule has 0 amide bonds. The highest BCUT2D eigenvalue weighted by atomic mass is 16.1. The number of ketones is 1. The van der Waals surface area contributed by atoms with Gasteiger partial charge in [0.05, 0.1) is 0 Å². The molecule has 0 spiro atoms. The van der Waals surface area contributed by atoms with Crippen molar-refractivity contribution >= 4 is 11.9 Å². The van der Waals surface area contributed by atoms with Crippen molar-refractivity contribution in [2.75, 3.05) is 0 Å². The third-order valence-corrected chi connectivity index (χ3v) is 1.96. The van der Waals surface area contributed by atoms with Gasteiger partial charge in [0.15, 0.2) is 5.78 Å². The predicted molar refractivity (Wildman–Crippen MR) is 58.1 cm³/mol. The molecular weight excluding hydrogens is 174 g/mol. The van der Waals surface area contributed by atoms with Gasteiger partial charge in [0.1, 0.15) is 5.69 Å². The van der Waals surface area contributed by atoms with Crippen LogP contribution in [0.2, 0.25) is 0 Å². The van der Waals surface area contributed by atoms with Crippen LogP contribution in [0.1, 0.15) is 36.8 Å². The van der Waals surface area contributed by atoms with Crippen molar-refractivity contribution < 1.29 is 4.79 Å². The molecule has 0 radical (unpaired) electrons. The van der Waals surface area contributed by atoms with Gasteiger partial charge in [0.2, 0.25) is 0 Å². The van der Waals surface area contributed by atoms with E-state index in [-0.39, 0.29) is 5.78 Å². The van der Waals surface area contributed by atoms with Crippen LogP contribution in [-0.4, -0.2) is 10.8 Å². The van der Waals surface area contributed by atoms with Crippen molar-refractivity contribution in [2.24, 2.45) is 5.41 Å². The number of carbonyl (C=O) groups excluding carboxylic acids is 1. The molecule has 0 aromatic carbocycles. The van der Waals surface area contributed by atoms with Crippen molar-refractivity contribution in [3.05, 3.63) is 36.2 Å². The van der Waals surface area contributed by atoms with Crippen molar-refractivity contribution in [3.63, 3.8) is 0 Å². The molecule has 1 rings (SSSR count). The smallest absolute Gasteiger partial charge is 0.187 e. The second-order valence-electron chi connectivity index (χ2n) is 4.22. The van der Waals surface area contributed by atoms with Gasteiger partial charge in [-0.3, -0.25) is 9.78 Å². The maximum atomic E-state index is 11.9. The lowest BCUT2D eigenvalue weighted by atomic mass is 9.87. The molecule has 14 heavy (non-hydrogen) atoms.